The predicted molar refractivity (Wildman–Crippen MR) is 83.6 cm³/mol. The van der Waals surface area contributed by atoms with Crippen molar-refractivity contribution in [2.24, 2.45) is 5.92 Å². The number of hydrogen-bond acceptors (Lipinski definition) is 3. The van der Waals surface area contributed by atoms with E-state index >= 15 is 0 Å². The molecule has 1 aliphatic rings. The average Bonchev–Trinajstić information content (AvgIpc) is 3.04. The molecule has 5 nitrogen and oxygen atoms in total. The minimum atomic E-state index is 0.0999. The quantitative estimate of drug-likeness (QED) is 0.870. The fourth-order valence-electron chi connectivity index (χ4n) is 2.77. The number of amides is 1. The van der Waals surface area contributed by atoms with Gasteiger partial charge in [0.25, 0.3) is 0 Å². The van der Waals surface area contributed by atoms with Gasteiger partial charge in [0.1, 0.15) is 0 Å². The first kappa shape index (κ1) is 14.8. The molecular weight excluding hydrogens is 278 g/mol. The van der Waals surface area contributed by atoms with Crippen LogP contribution in [0, 0.1) is 5.92 Å². The van der Waals surface area contributed by atoms with Gasteiger partial charge >= 0.3 is 0 Å². The summed E-state index contributed by atoms with van der Waals surface area (Å²) in [6.07, 6.45) is 5.45. The van der Waals surface area contributed by atoms with E-state index in [9.17, 15) is 4.79 Å². The summed E-state index contributed by atoms with van der Waals surface area (Å²) in [4.78, 5) is 14.2. The molecule has 1 aromatic heterocycles. The molecule has 0 N–H and O–H groups in total. The van der Waals surface area contributed by atoms with Crippen LogP contribution in [0.15, 0.2) is 42.7 Å². The van der Waals surface area contributed by atoms with Crippen LogP contribution >= 0.6 is 0 Å². The first-order valence-electron chi connectivity index (χ1n) is 7.66. The SMILES string of the molecule is CN(Cc1cnn(-c2ccccc2)c1)C(=O)C1CCOCC1. The molecule has 1 fully saturated rings. The molecule has 2 heterocycles. The molecule has 2 aromatic rings. The van der Waals surface area contributed by atoms with Gasteiger partial charge in [-0.3, -0.25) is 4.79 Å². The molecule has 1 amide bonds. The van der Waals surface area contributed by atoms with E-state index in [1.807, 2.05) is 54.5 Å². The standard InChI is InChI=1S/C17H21N3O2/c1-19(17(21)15-7-9-22-10-8-15)12-14-11-18-20(13-14)16-5-3-2-4-6-16/h2-6,11,13,15H,7-10,12H2,1H3. The highest BCUT2D eigenvalue weighted by Gasteiger charge is 2.24. The van der Waals surface area contributed by atoms with E-state index in [4.69, 9.17) is 4.74 Å². The number of carbonyl (C=O) groups excluding carboxylic acids is 1. The molecule has 0 saturated carbocycles. The van der Waals surface area contributed by atoms with Crippen LogP contribution in [0.1, 0.15) is 18.4 Å². The van der Waals surface area contributed by atoms with Crippen LogP contribution in [0.5, 0.6) is 0 Å². The van der Waals surface area contributed by atoms with Crippen LogP contribution in [0.3, 0.4) is 0 Å². The average molecular weight is 299 g/mol. The maximum absolute atomic E-state index is 12.4. The van der Waals surface area contributed by atoms with Gasteiger partial charge in [-0.25, -0.2) is 4.68 Å². The number of para-hydroxylation sites is 1. The van der Waals surface area contributed by atoms with Crippen LogP contribution < -0.4 is 0 Å². The van der Waals surface area contributed by atoms with Crippen molar-refractivity contribution in [3.63, 3.8) is 0 Å². The number of carbonyl (C=O) groups is 1. The van der Waals surface area contributed by atoms with E-state index in [-0.39, 0.29) is 11.8 Å². The van der Waals surface area contributed by atoms with Crippen molar-refractivity contribution < 1.29 is 9.53 Å². The van der Waals surface area contributed by atoms with Gasteiger partial charge in [0.05, 0.1) is 11.9 Å². The Morgan fingerprint density at radius 2 is 2.05 bits per heavy atom. The Balaban J connectivity index is 1.63. The van der Waals surface area contributed by atoms with Gasteiger partial charge in [-0.15, -0.1) is 0 Å². The van der Waals surface area contributed by atoms with Crippen molar-refractivity contribution in [3.8, 4) is 5.69 Å². The first-order chi connectivity index (χ1) is 10.7. The second-order valence-electron chi connectivity index (χ2n) is 5.71. The second kappa shape index (κ2) is 6.75. The third kappa shape index (κ3) is 3.36. The van der Waals surface area contributed by atoms with Gasteiger partial charge in [0.15, 0.2) is 0 Å². The number of aromatic nitrogens is 2. The zero-order valence-corrected chi connectivity index (χ0v) is 12.8. The highest BCUT2D eigenvalue weighted by molar-refractivity contribution is 5.78. The summed E-state index contributed by atoms with van der Waals surface area (Å²) in [5.74, 6) is 0.304. The lowest BCUT2D eigenvalue weighted by molar-refractivity contribution is -0.137. The number of ether oxygens (including phenoxy) is 1. The third-order valence-electron chi connectivity index (χ3n) is 4.02. The van der Waals surface area contributed by atoms with Gasteiger partial charge < -0.3 is 9.64 Å². The molecule has 0 atom stereocenters. The Kier molecular flexibility index (Phi) is 4.53. The van der Waals surface area contributed by atoms with Crippen LogP contribution in [0.2, 0.25) is 0 Å². The molecule has 0 bridgehead atoms. The lowest BCUT2D eigenvalue weighted by Gasteiger charge is -2.26. The van der Waals surface area contributed by atoms with Gasteiger partial charge in [0.2, 0.25) is 5.91 Å². The van der Waals surface area contributed by atoms with Crippen molar-refractivity contribution in [1.82, 2.24) is 14.7 Å². The molecule has 1 saturated heterocycles. The van der Waals surface area contributed by atoms with E-state index in [0.717, 1.165) is 24.1 Å². The van der Waals surface area contributed by atoms with Crippen molar-refractivity contribution >= 4 is 5.91 Å². The summed E-state index contributed by atoms with van der Waals surface area (Å²) in [6.45, 7) is 1.97. The topological polar surface area (TPSA) is 47.4 Å². The Labute approximate surface area is 130 Å². The zero-order chi connectivity index (χ0) is 15.4. The van der Waals surface area contributed by atoms with Gasteiger partial charge in [-0.1, -0.05) is 18.2 Å². The normalized spacial score (nSPS) is 15.7. The molecule has 0 spiro atoms. The van der Waals surface area contributed by atoms with E-state index < -0.39 is 0 Å². The van der Waals surface area contributed by atoms with E-state index in [0.29, 0.717) is 19.8 Å². The number of hydrogen-bond donors (Lipinski definition) is 0. The predicted octanol–water partition coefficient (Wildman–Crippen LogP) is 2.26. The maximum Gasteiger partial charge on any atom is 0.225 e. The van der Waals surface area contributed by atoms with Gasteiger partial charge in [-0.05, 0) is 25.0 Å². The molecule has 0 aliphatic carbocycles. The minimum absolute atomic E-state index is 0.0999. The van der Waals surface area contributed by atoms with Crippen molar-refractivity contribution in [1.29, 1.82) is 0 Å². The van der Waals surface area contributed by atoms with Crippen molar-refractivity contribution in [2.45, 2.75) is 19.4 Å². The minimum Gasteiger partial charge on any atom is -0.381 e. The molecule has 1 aromatic carbocycles. The summed E-state index contributed by atoms with van der Waals surface area (Å²) in [5, 5.41) is 4.37. The van der Waals surface area contributed by atoms with Crippen molar-refractivity contribution in [2.75, 3.05) is 20.3 Å². The lowest BCUT2D eigenvalue weighted by atomic mass is 9.99. The van der Waals surface area contributed by atoms with E-state index in [1.54, 1.807) is 4.90 Å². The van der Waals surface area contributed by atoms with E-state index in [1.165, 1.54) is 0 Å². The third-order valence-corrected chi connectivity index (χ3v) is 4.02. The van der Waals surface area contributed by atoms with Crippen LogP contribution in [-0.4, -0.2) is 40.8 Å². The maximum atomic E-state index is 12.4. The lowest BCUT2D eigenvalue weighted by Crippen LogP contribution is -2.35. The smallest absolute Gasteiger partial charge is 0.225 e. The Hall–Kier alpha value is -2.14. The summed E-state index contributed by atoms with van der Waals surface area (Å²) >= 11 is 0. The summed E-state index contributed by atoms with van der Waals surface area (Å²) < 4.78 is 7.15. The molecule has 1 aliphatic heterocycles. The van der Waals surface area contributed by atoms with Crippen LogP contribution in [0.25, 0.3) is 5.69 Å². The highest BCUT2D eigenvalue weighted by atomic mass is 16.5. The fraction of sp³-hybridized carbons (Fsp3) is 0.412. The molecule has 0 unspecified atom stereocenters. The molecule has 22 heavy (non-hydrogen) atoms. The van der Waals surface area contributed by atoms with Crippen molar-refractivity contribution in [3.05, 3.63) is 48.3 Å². The summed E-state index contributed by atoms with van der Waals surface area (Å²) in [5.41, 5.74) is 2.05. The largest absolute Gasteiger partial charge is 0.381 e. The monoisotopic (exact) mass is 299 g/mol. The molecule has 3 rings (SSSR count). The molecule has 116 valence electrons. The molecule has 0 radical (unpaired) electrons. The fourth-order valence-corrected chi connectivity index (χ4v) is 2.77. The van der Waals surface area contributed by atoms with Gasteiger partial charge in [-0.2, -0.15) is 5.10 Å². The number of nitrogens with zero attached hydrogens (tertiary/aromatic N) is 3. The molecule has 5 heteroatoms. The molecular formula is C17H21N3O2. The first-order valence-corrected chi connectivity index (χ1v) is 7.66. The summed E-state index contributed by atoms with van der Waals surface area (Å²) in [6, 6.07) is 9.96. The second-order valence-corrected chi connectivity index (χ2v) is 5.71. The summed E-state index contributed by atoms with van der Waals surface area (Å²) in [7, 11) is 1.86. The van der Waals surface area contributed by atoms with Crippen LogP contribution in [-0.2, 0) is 16.1 Å². The zero-order valence-electron chi connectivity index (χ0n) is 12.8. The highest BCUT2D eigenvalue weighted by Crippen LogP contribution is 2.18. The number of rotatable bonds is 4. The number of benzene rings is 1. The Morgan fingerprint density at radius 1 is 1.32 bits per heavy atom. The Bertz CT molecular complexity index is 618. The van der Waals surface area contributed by atoms with E-state index in [2.05, 4.69) is 5.10 Å². The van der Waals surface area contributed by atoms with Crippen LogP contribution in [0.4, 0.5) is 0 Å². The van der Waals surface area contributed by atoms with Gasteiger partial charge in [0, 0.05) is 44.5 Å². The Morgan fingerprint density at radius 3 is 2.77 bits per heavy atom.